The number of amides is 1. The molecule has 5 nitrogen and oxygen atoms in total. The monoisotopic (exact) mass is 329 g/mol. The van der Waals surface area contributed by atoms with Gasteiger partial charge in [-0.15, -0.1) is 0 Å². The minimum absolute atomic E-state index is 0.0736. The molecule has 2 aliphatic heterocycles. The van der Waals surface area contributed by atoms with Crippen LogP contribution in [0.3, 0.4) is 0 Å². The van der Waals surface area contributed by atoms with Gasteiger partial charge in [0, 0.05) is 18.0 Å². The van der Waals surface area contributed by atoms with Gasteiger partial charge in [0.2, 0.25) is 0 Å². The van der Waals surface area contributed by atoms with Crippen LogP contribution in [0.2, 0.25) is 0 Å². The fourth-order valence-corrected chi connectivity index (χ4v) is 3.58. The predicted octanol–water partition coefficient (Wildman–Crippen LogP) is 2.68. The lowest BCUT2D eigenvalue weighted by Crippen LogP contribution is -2.53. The van der Waals surface area contributed by atoms with Crippen molar-refractivity contribution in [1.82, 2.24) is 4.90 Å². The van der Waals surface area contributed by atoms with Gasteiger partial charge in [-0.3, -0.25) is 9.69 Å². The highest BCUT2D eigenvalue weighted by atomic mass is 16.5. The van der Waals surface area contributed by atoms with Crippen molar-refractivity contribution in [2.45, 2.75) is 46.1 Å². The number of nitrogens with zero attached hydrogens (tertiary/aromatic N) is 2. The summed E-state index contributed by atoms with van der Waals surface area (Å²) < 4.78 is 5.94. The molecular formula is C19H27N3O2. The Morgan fingerprint density at radius 1 is 1.38 bits per heavy atom. The van der Waals surface area contributed by atoms with E-state index < -0.39 is 11.0 Å². The molecule has 0 radical (unpaired) electrons. The fraction of sp³-hybridized carbons (Fsp3) is 0.579. The van der Waals surface area contributed by atoms with Gasteiger partial charge < -0.3 is 10.5 Å². The maximum absolute atomic E-state index is 13.1. The van der Waals surface area contributed by atoms with E-state index in [0.717, 1.165) is 24.2 Å². The van der Waals surface area contributed by atoms with Crippen molar-refractivity contribution in [3.63, 3.8) is 0 Å². The van der Waals surface area contributed by atoms with Crippen molar-refractivity contribution in [1.29, 1.82) is 0 Å². The summed E-state index contributed by atoms with van der Waals surface area (Å²) in [6.07, 6.45) is 2.08. The normalized spacial score (nSPS) is 25.0. The average molecular weight is 329 g/mol. The van der Waals surface area contributed by atoms with Crippen LogP contribution in [0.15, 0.2) is 23.2 Å². The molecule has 1 aromatic rings. The Balaban J connectivity index is 2.13. The van der Waals surface area contributed by atoms with Crippen LogP contribution in [0.5, 0.6) is 5.75 Å². The van der Waals surface area contributed by atoms with Gasteiger partial charge in [0.15, 0.2) is 11.5 Å². The van der Waals surface area contributed by atoms with Crippen LogP contribution in [0, 0.1) is 11.3 Å². The average Bonchev–Trinajstić information content (AvgIpc) is 2.75. The van der Waals surface area contributed by atoms with Crippen LogP contribution in [-0.2, 0) is 16.8 Å². The second-order valence-electron chi connectivity index (χ2n) is 7.98. The summed E-state index contributed by atoms with van der Waals surface area (Å²) in [5.41, 5.74) is 6.59. The Labute approximate surface area is 143 Å². The van der Waals surface area contributed by atoms with Crippen LogP contribution < -0.4 is 10.5 Å². The van der Waals surface area contributed by atoms with E-state index in [1.807, 2.05) is 19.9 Å². The first-order valence-corrected chi connectivity index (χ1v) is 8.59. The van der Waals surface area contributed by atoms with Crippen molar-refractivity contribution in [2.24, 2.45) is 22.1 Å². The van der Waals surface area contributed by atoms with Crippen LogP contribution in [0.1, 0.15) is 45.2 Å². The number of nitrogens with two attached hydrogens (primary N) is 1. The number of aryl methyl sites for hydroxylation is 1. The largest absolute Gasteiger partial charge is 0.493 e. The van der Waals surface area contributed by atoms with Crippen LogP contribution in [-0.4, -0.2) is 30.4 Å². The molecule has 5 heteroatoms. The highest BCUT2D eigenvalue weighted by molar-refractivity contribution is 6.07. The molecule has 0 aromatic heterocycles. The molecule has 24 heavy (non-hydrogen) atoms. The summed E-state index contributed by atoms with van der Waals surface area (Å²) in [5.74, 6) is 1.57. The van der Waals surface area contributed by atoms with E-state index in [-0.39, 0.29) is 11.9 Å². The standard InChI is InChI=1S/C19H27N3O2/c1-12(2)6-7-13-8-9-15-14(10-13)19(18(3,4)11-24-15)16(23)22(5)17(20)21-19/h8-10,12H,6-7,11H2,1-5H3,(H2,20,21). The van der Waals surface area contributed by atoms with Gasteiger partial charge in [-0.2, -0.15) is 0 Å². The van der Waals surface area contributed by atoms with Gasteiger partial charge >= 0.3 is 0 Å². The third-order valence-electron chi connectivity index (χ3n) is 5.25. The van der Waals surface area contributed by atoms with E-state index in [0.29, 0.717) is 12.5 Å². The van der Waals surface area contributed by atoms with E-state index in [1.54, 1.807) is 7.05 Å². The van der Waals surface area contributed by atoms with Crippen molar-refractivity contribution in [3.05, 3.63) is 29.3 Å². The molecule has 0 saturated heterocycles. The topological polar surface area (TPSA) is 67.9 Å². The summed E-state index contributed by atoms with van der Waals surface area (Å²) in [7, 11) is 1.68. The second kappa shape index (κ2) is 5.50. The van der Waals surface area contributed by atoms with Crippen LogP contribution in [0.25, 0.3) is 0 Å². The molecule has 1 spiro atoms. The zero-order chi connectivity index (χ0) is 17.7. The number of hydrogen-bond donors (Lipinski definition) is 1. The quantitative estimate of drug-likeness (QED) is 0.927. The fourth-order valence-electron chi connectivity index (χ4n) is 3.58. The number of guanidine groups is 1. The highest BCUT2D eigenvalue weighted by Gasteiger charge is 2.61. The number of likely N-dealkylation sites (N-methyl/N-ethyl adjacent to an activating group) is 1. The number of benzene rings is 1. The molecule has 1 amide bonds. The summed E-state index contributed by atoms with van der Waals surface area (Å²) >= 11 is 0. The molecule has 1 unspecified atom stereocenters. The third kappa shape index (κ3) is 2.29. The lowest BCUT2D eigenvalue weighted by molar-refractivity contribution is -0.137. The van der Waals surface area contributed by atoms with Gasteiger partial charge in [0.1, 0.15) is 5.75 Å². The third-order valence-corrected chi connectivity index (χ3v) is 5.25. The lowest BCUT2D eigenvalue weighted by atomic mass is 9.66. The Kier molecular flexibility index (Phi) is 3.85. The zero-order valence-corrected chi connectivity index (χ0v) is 15.2. The van der Waals surface area contributed by atoms with E-state index in [4.69, 9.17) is 10.5 Å². The van der Waals surface area contributed by atoms with Gasteiger partial charge in [-0.1, -0.05) is 33.8 Å². The van der Waals surface area contributed by atoms with Gasteiger partial charge in [-0.05, 0) is 36.5 Å². The van der Waals surface area contributed by atoms with Crippen molar-refractivity contribution < 1.29 is 9.53 Å². The molecule has 2 N–H and O–H groups in total. The smallest absolute Gasteiger partial charge is 0.262 e. The number of ether oxygens (including phenoxy) is 1. The molecule has 2 aliphatic rings. The highest BCUT2D eigenvalue weighted by Crippen LogP contribution is 2.53. The molecule has 130 valence electrons. The van der Waals surface area contributed by atoms with Crippen LogP contribution in [0.4, 0.5) is 0 Å². The molecule has 3 rings (SSSR count). The number of aliphatic imine (C=N–C) groups is 1. The molecule has 1 atom stereocenters. The minimum atomic E-state index is -0.993. The van der Waals surface area contributed by atoms with Crippen LogP contribution >= 0.6 is 0 Å². The molecule has 0 fully saturated rings. The van der Waals surface area contributed by atoms with E-state index >= 15 is 0 Å². The maximum atomic E-state index is 13.1. The van der Waals surface area contributed by atoms with E-state index in [9.17, 15) is 4.79 Å². The summed E-state index contributed by atoms with van der Waals surface area (Å²) in [6, 6.07) is 6.15. The number of carbonyl (C=O) groups excluding carboxylic acids is 1. The summed E-state index contributed by atoms with van der Waals surface area (Å²) in [6.45, 7) is 8.90. The minimum Gasteiger partial charge on any atom is -0.493 e. The zero-order valence-electron chi connectivity index (χ0n) is 15.2. The molecule has 0 saturated carbocycles. The molecule has 0 bridgehead atoms. The van der Waals surface area contributed by atoms with E-state index in [1.165, 1.54) is 10.5 Å². The SMILES string of the molecule is CC(C)CCc1ccc2c(c1)C1(N=C(N)N(C)C1=O)C(C)(C)CO2. The Hall–Kier alpha value is -2.04. The first kappa shape index (κ1) is 16.8. The maximum Gasteiger partial charge on any atom is 0.262 e. The van der Waals surface area contributed by atoms with Gasteiger partial charge in [0.05, 0.1) is 6.61 Å². The Morgan fingerprint density at radius 2 is 2.08 bits per heavy atom. The van der Waals surface area contributed by atoms with Gasteiger partial charge in [-0.25, -0.2) is 4.99 Å². The predicted molar refractivity (Wildman–Crippen MR) is 94.9 cm³/mol. The first-order chi connectivity index (χ1) is 11.2. The van der Waals surface area contributed by atoms with Crippen molar-refractivity contribution >= 4 is 11.9 Å². The summed E-state index contributed by atoms with van der Waals surface area (Å²) in [5, 5.41) is 0. The summed E-state index contributed by atoms with van der Waals surface area (Å²) in [4.78, 5) is 19.2. The Morgan fingerprint density at radius 3 is 2.67 bits per heavy atom. The number of carbonyl (C=O) groups is 1. The second-order valence-corrected chi connectivity index (χ2v) is 7.98. The molecule has 1 aromatic carbocycles. The lowest BCUT2D eigenvalue weighted by Gasteiger charge is -2.44. The van der Waals surface area contributed by atoms with E-state index in [2.05, 4.69) is 31.0 Å². The number of rotatable bonds is 3. The molecule has 0 aliphatic carbocycles. The van der Waals surface area contributed by atoms with Crippen molar-refractivity contribution in [2.75, 3.05) is 13.7 Å². The Bertz CT molecular complexity index is 709. The molecular weight excluding hydrogens is 302 g/mol. The van der Waals surface area contributed by atoms with Gasteiger partial charge in [0.25, 0.3) is 5.91 Å². The molecule has 2 heterocycles. The first-order valence-electron chi connectivity index (χ1n) is 8.59. The van der Waals surface area contributed by atoms with Crippen molar-refractivity contribution in [3.8, 4) is 5.75 Å². The number of fused-ring (bicyclic) bond motifs is 2. The number of hydrogen-bond acceptors (Lipinski definition) is 4.